The number of aliphatic hydroxyl groups excluding tert-OH is 2. The molecule has 0 spiro atoms. The van der Waals surface area contributed by atoms with Crippen molar-refractivity contribution in [2.24, 2.45) is 0 Å². The van der Waals surface area contributed by atoms with E-state index in [2.05, 4.69) is 31.3 Å². The third kappa shape index (κ3) is 57.5. The van der Waals surface area contributed by atoms with Gasteiger partial charge in [0, 0.05) is 12.8 Å². The Hall–Kier alpha value is -1.66. The first-order chi connectivity index (χ1) is 35.0. The second kappa shape index (κ2) is 60.9. The van der Waals surface area contributed by atoms with Crippen molar-refractivity contribution in [3.63, 3.8) is 0 Å². The van der Waals surface area contributed by atoms with Gasteiger partial charge in [-0.3, -0.25) is 9.59 Å². The molecule has 0 bridgehead atoms. The lowest BCUT2D eigenvalue weighted by Crippen LogP contribution is -2.45. The Bertz CT molecular complexity index is 1110. The van der Waals surface area contributed by atoms with E-state index in [4.69, 9.17) is 4.74 Å². The van der Waals surface area contributed by atoms with Gasteiger partial charge in [0.15, 0.2) is 0 Å². The Labute approximate surface area is 443 Å². The zero-order valence-corrected chi connectivity index (χ0v) is 48.0. The van der Waals surface area contributed by atoms with Crippen molar-refractivity contribution < 1.29 is 24.5 Å². The predicted molar refractivity (Wildman–Crippen MR) is 310 cm³/mol. The third-order valence-electron chi connectivity index (χ3n) is 15.0. The average molecular weight is 1000 g/mol. The highest BCUT2D eigenvalue weighted by Gasteiger charge is 2.18. The van der Waals surface area contributed by atoms with Crippen molar-refractivity contribution in [1.29, 1.82) is 0 Å². The highest BCUT2D eigenvalue weighted by molar-refractivity contribution is 5.76. The van der Waals surface area contributed by atoms with Gasteiger partial charge < -0.3 is 20.3 Å². The van der Waals surface area contributed by atoms with Crippen LogP contribution >= 0.6 is 0 Å². The molecule has 2 atom stereocenters. The van der Waals surface area contributed by atoms with Crippen molar-refractivity contribution in [1.82, 2.24) is 5.32 Å². The standard InChI is InChI=1S/C65H125NO5/c1-3-5-7-9-11-13-15-17-19-21-27-31-35-39-43-47-51-55-59-65(70)71-60-56-52-48-44-40-36-32-28-24-22-23-26-30-34-38-42-46-50-54-58-64(69)66-62(61-67)63(68)57-53-49-45-41-37-33-29-25-20-18-16-14-12-10-8-6-4-2/h19,21,53,57,62-63,67-68H,3-18,20,22-52,54-56,58-61H2,1-2H3,(H,66,69)/b21-19-,57-53+. The number of hydrogen-bond acceptors (Lipinski definition) is 5. The smallest absolute Gasteiger partial charge is 0.305 e. The molecule has 0 heterocycles. The number of ether oxygens (including phenoxy) is 1. The van der Waals surface area contributed by atoms with Crippen LogP contribution in [0.3, 0.4) is 0 Å². The van der Waals surface area contributed by atoms with Crippen LogP contribution in [0, 0.1) is 0 Å². The SMILES string of the molecule is CCCCCCCCC/C=C\CCCCCCCCCC(=O)OCCCCCCCCCCCCCCCCCCCCCC(=O)NC(CO)C(O)/C=C/CCCCCCCCCCCCCCCCC. The summed E-state index contributed by atoms with van der Waals surface area (Å²) < 4.78 is 5.50. The number of nitrogens with one attached hydrogen (secondary N) is 1. The second-order valence-electron chi connectivity index (χ2n) is 22.1. The fraction of sp³-hybridized carbons (Fsp3) is 0.908. The number of esters is 1. The molecular formula is C65H125NO5. The van der Waals surface area contributed by atoms with E-state index in [-0.39, 0.29) is 18.5 Å². The molecule has 420 valence electrons. The molecule has 0 rings (SSSR count). The summed E-state index contributed by atoms with van der Waals surface area (Å²) in [6.07, 6.45) is 75.0. The van der Waals surface area contributed by atoms with E-state index < -0.39 is 12.1 Å². The van der Waals surface area contributed by atoms with Crippen LogP contribution < -0.4 is 5.32 Å². The zero-order chi connectivity index (χ0) is 51.4. The topological polar surface area (TPSA) is 95.9 Å². The van der Waals surface area contributed by atoms with Crippen molar-refractivity contribution in [2.75, 3.05) is 13.2 Å². The molecule has 1 amide bonds. The van der Waals surface area contributed by atoms with E-state index in [1.165, 1.54) is 283 Å². The largest absolute Gasteiger partial charge is 0.466 e. The van der Waals surface area contributed by atoms with Gasteiger partial charge in [0.1, 0.15) is 0 Å². The van der Waals surface area contributed by atoms with Crippen LogP contribution in [0.5, 0.6) is 0 Å². The Morgan fingerprint density at radius 2 is 0.662 bits per heavy atom. The van der Waals surface area contributed by atoms with Gasteiger partial charge in [0.25, 0.3) is 0 Å². The third-order valence-corrected chi connectivity index (χ3v) is 15.0. The van der Waals surface area contributed by atoms with Crippen LogP contribution in [-0.4, -0.2) is 47.4 Å². The average Bonchev–Trinajstić information content (AvgIpc) is 3.37. The lowest BCUT2D eigenvalue weighted by Gasteiger charge is -2.20. The number of unbranched alkanes of at least 4 members (excludes halogenated alkanes) is 47. The van der Waals surface area contributed by atoms with Gasteiger partial charge in [-0.25, -0.2) is 0 Å². The second-order valence-corrected chi connectivity index (χ2v) is 22.1. The molecule has 0 aromatic rings. The van der Waals surface area contributed by atoms with Gasteiger partial charge in [-0.1, -0.05) is 308 Å². The quantitative estimate of drug-likeness (QED) is 0.0320. The monoisotopic (exact) mass is 1000 g/mol. The number of hydrogen-bond donors (Lipinski definition) is 3. The van der Waals surface area contributed by atoms with E-state index in [1.54, 1.807) is 6.08 Å². The van der Waals surface area contributed by atoms with Gasteiger partial charge in [-0.15, -0.1) is 0 Å². The van der Waals surface area contributed by atoms with Gasteiger partial charge in [0.2, 0.25) is 5.91 Å². The Morgan fingerprint density at radius 3 is 1.00 bits per heavy atom. The van der Waals surface area contributed by atoms with Gasteiger partial charge in [0.05, 0.1) is 25.4 Å². The fourth-order valence-corrected chi connectivity index (χ4v) is 10.0. The summed E-state index contributed by atoms with van der Waals surface area (Å²) in [5.41, 5.74) is 0. The minimum absolute atomic E-state index is 0.00600. The van der Waals surface area contributed by atoms with E-state index in [1.807, 2.05) is 6.08 Å². The summed E-state index contributed by atoms with van der Waals surface area (Å²) in [6, 6.07) is -0.630. The molecular weight excluding hydrogens is 875 g/mol. The van der Waals surface area contributed by atoms with Crippen LogP contribution in [0.4, 0.5) is 0 Å². The molecule has 71 heavy (non-hydrogen) atoms. The molecule has 6 nitrogen and oxygen atoms in total. The lowest BCUT2D eigenvalue weighted by atomic mass is 10.0. The van der Waals surface area contributed by atoms with Crippen molar-refractivity contribution in [2.45, 2.75) is 366 Å². The van der Waals surface area contributed by atoms with Gasteiger partial charge in [-0.05, 0) is 57.8 Å². The first kappa shape index (κ1) is 69.3. The normalized spacial score (nSPS) is 12.7. The molecule has 6 heteroatoms. The molecule has 0 saturated heterocycles. The maximum atomic E-state index is 12.5. The highest BCUT2D eigenvalue weighted by Crippen LogP contribution is 2.18. The van der Waals surface area contributed by atoms with Gasteiger partial charge >= 0.3 is 5.97 Å². The van der Waals surface area contributed by atoms with Crippen LogP contribution in [0.25, 0.3) is 0 Å². The molecule has 2 unspecified atom stereocenters. The van der Waals surface area contributed by atoms with E-state index >= 15 is 0 Å². The number of rotatable bonds is 60. The summed E-state index contributed by atoms with van der Waals surface area (Å²) in [6.45, 7) is 4.92. The minimum atomic E-state index is -0.847. The van der Waals surface area contributed by atoms with Crippen LogP contribution in [0.15, 0.2) is 24.3 Å². The summed E-state index contributed by atoms with van der Waals surface area (Å²) in [7, 11) is 0. The van der Waals surface area contributed by atoms with Crippen molar-refractivity contribution in [3.05, 3.63) is 24.3 Å². The van der Waals surface area contributed by atoms with Crippen LogP contribution in [0.2, 0.25) is 0 Å². The lowest BCUT2D eigenvalue weighted by molar-refractivity contribution is -0.143. The maximum absolute atomic E-state index is 12.5. The first-order valence-corrected chi connectivity index (χ1v) is 32.1. The fourth-order valence-electron chi connectivity index (χ4n) is 10.0. The molecule has 0 aromatic heterocycles. The van der Waals surface area contributed by atoms with E-state index in [0.29, 0.717) is 19.4 Å². The first-order valence-electron chi connectivity index (χ1n) is 32.1. The summed E-state index contributed by atoms with van der Waals surface area (Å²) in [5, 5.41) is 23.2. The molecule has 0 radical (unpaired) electrons. The molecule has 0 fully saturated rings. The number of carbonyl (C=O) groups excluding carboxylic acids is 2. The molecule has 0 aromatic carbocycles. The molecule has 3 N–H and O–H groups in total. The Kier molecular flexibility index (Phi) is 59.5. The van der Waals surface area contributed by atoms with Crippen LogP contribution in [-0.2, 0) is 14.3 Å². The summed E-state index contributed by atoms with van der Waals surface area (Å²) >= 11 is 0. The van der Waals surface area contributed by atoms with Crippen molar-refractivity contribution in [3.8, 4) is 0 Å². The zero-order valence-electron chi connectivity index (χ0n) is 48.0. The molecule has 0 aliphatic rings. The molecule has 0 saturated carbocycles. The molecule has 0 aliphatic heterocycles. The number of carbonyl (C=O) groups is 2. The number of aliphatic hydroxyl groups is 2. The van der Waals surface area contributed by atoms with Crippen molar-refractivity contribution >= 4 is 11.9 Å². The minimum Gasteiger partial charge on any atom is -0.466 e. The van der Waals surface area contributed by atoms with E-state index in [9.17, 15) is 19.8 Å². The van der Waals surface area contributed by atoms with E-state index in [0.717, 1.165) is 44.9 Å². The summed E-state index contributed by atoms with van der Waals surface area (Å²) in [4.78, 5) is 24.6. The number of amides is 1. The Balaban J connectivity index is 3.41. The summed E-state index contributed by atoms with van der Waals surface area (Å²) in [5.74, 6) is -0.0624. The highest BCUT2D eigenvalue weighted by atomic mass is 16.5. The molecule has 0 aliphatic carbocycles. The van der Waals surface area contributed by atoms with Crippen LogP contribution in [0.1, 0.15) is 354 Å². The number of allylic oxidation sites excluding steroid dienone is 3. The van der Waals surface area contributed by atoms with Gasteiger partial charge in [-0.2, -0.15) is 0 Å². The Morgan fingerprint density at radius 1 is 0.380 bits per heavy atom. The maximum Gasteiger partial charge on any atom is 0.305 e. The predicted octanol–water partition coefficient (Wildman–Crippen LogP) is 20.2.